The molecule has 0 spiro atoms. The molecule has 284 valence electrons. The second kappa shape index (κ2) is 15.8. The largest absolute Gasteiger partial charge is 0.369 e. The zero-order valence-corrected chi connectivity index (χ0v) is 31.5. The summed E-state index contributed by atoms with van der Waals surface area (Å²) >= 11 is 0. The average Bonchev–Trinajstić information content (AvgIpc) is 3.86. The van der Waals surface area contributed by atoms with Gasteiger partial charge in [-0.2, -0.15) is 4.98 Å². The highest BCUT2D eigenvalue weighted by Gasteiger charge is 2.29. The Hall–Kier alpha value is -4.88. The highest BCUT2D eigenvalue weighted by Crippen LogP contribution is 2.35. The molecule has 1 aromatic carbocycles. The van der Waals surface area contributed by atoms with Gasteiger partial charge in [0.25, 0.3) is 5.91 Å². The van der Waals surface area contributed by atoms with Crippen molar-refractivity contribution in [3.8, 4) is 0 Å². The van der Waals surface area contributed by atoms with Crippen molar-refractivity contribution in [2.75, 3.05) is 76.7 Å². The molecule has 0 radical (unpaired) electrons. The van der Waals surface area contributed by atoms with Crippen LogP contribution < -0.4 is 15.5 Å². The normalized spacial score (nSPS) is 20.8. The number of piperidine rings is 2. The number of carbonyl (C=O) groups is 3. The van der Waals surface area contributed by atoms with Gasteiger partial charge in [0.05, 0.1) is 5.92 Å². The molecule has 8 rings (SSSR count). The molecule has 1 saturated carbocycles. The molecular weight excluding hydrogens is 681 g/mol. The van der Waals surface area contributed by atoms with Gasteiger partial charge in [-0.1, -0.05) is 31.0 Å². The molecule has 0 bridgehead atoms. The maximum Gasteiger partial charge on any atom is 0.270 e. The molecule has 3 aromatic heterocycles. The topological polar surface area (TPSA) is 132 Å². The van der Waals surface area contributed by atoms with Crippen molar-refractivity contribution in [1.82, 2.24) is 39.5 Å². The highest BCUT2D eigenvalue weighted by molar-refractivity contribution is 6.01. The van der Waals surface area contributed by atoms with Crippen LogP contribution in [-0.2, 0) is 9.59 Å². The van der Waals surface area contributed by atoms with Gasteiger partial charge in [-0.05, 0) is 86.5 Å². The maximum absolute atomic E-state index is 13.1. The lowest BCUT2D eigenvalue weighted by atomic mass is 9.90. The second-order valence-corrected chi connectivity index (χ2v) is 15.7. The molecule has 13 heteroatoms. The summed E-state index contributed by atoms with van der Waals surface area (Å²) in [5, 5.41) is 6.65. The van der Waals surface area contributed by atoms with E-state index in [1.54, 1.807) is 25.2 Å². The Balaban J connectivity index is 0.792. The van der Waals surface area contributed by atoms with E-state index in [0.29, 0.717) is 36.2 Å². The third kappa shape index (κ3) is 7.83. The minimum Gasteiger partial charge on any atom is -0.369 e. The van der Waals surface area contributed by atoms with E-state index in [-0.39, 0.29) is 29.7 Å². The van der Waals surface area contributed by atoms with Gasteiger partial charge in [0.15, 0.2) is 0 Å². The minimum atomic E-state index is -0.237. The van der Waals surface area contributed by atoms with Crippen LogP contribution in [-0.4, -0.2) is 118 Å². The van der Waals surface area contributed by atoms with Crippen molar-refractivity contribution >= 4 is 46.2 Å². The first-order valence-electron chi connectivity index (χ1n) is 19.7. The molecule has 2 N–H and O–H groups in total. The van der Waals surface area contributed by atoms with Crippen LogP contribution in [0, 0.1) is 0 Å². The number of hydrogen-bond donors (Lipinski definition) is 2. The Labute approximate surface area is 317 Å². The first-order chi connectivity index (χ1) is 26.3. The zero-order valence-electron chi connectivity index (χ0n) is 31.5. The summed E-state index contributed by atoms with van der Waals surface area (Å²) in [6.07, 6.45) is 11.5. The zero-order chi connectivity index (χ0) is 37.2. The summed E-state index contributed by atoms with van der Waals surface area (Å²) in [4.78, 5) is 60.3. The summed E-state index contributed by atoms with van der Waals surface area (Å²) in [5.41, 5.74) is 4.93. The van der Waals surface area contributed by atoms with E-state index in [1.807, 2.05) is 30.5 Å². The van der Waals surface area contributed by atoms with Crippen LogP contribution in [0.1, 0.15) is 90.9 Å². The van der Waals surface area contributed by atoms with Crippen LogP contribution in [0.2, 0.25) is 0 Å². The molecular formula is C41H52N10O3. The van der Waals surface area contributed by atoms with Crippen molar-refractivity contribution in [3.63, 3.8) is 0 Å². The second-order valence-electron chi connectivity index (χ2n) is 15.7. The molecule has 13 nitrogen and oxygen atoms in total. The Morgan fingerprint density at radius 3 is 2.20 bits per heavy atom. The molecule has 6 heterocycles. The number of carbonyl (C=O) groups excluding carboxylic acids is 3. The number of nitrogens with zero attached hydrogens (tertiary/aromatic N) is 8. The van der Waals surface area contributed by atoms with E-state index in [1.165, 1.54) is 24.1 Å². The number of amides is 3. The van der Waals surface area contributed by atoms with E-state index in [2.05, 4.69) is 53.1 Å². The summed E-state index contributed by atoms with van der Waals surface area (Å²) in [5.74, 6) is 1.09. The Morgan fingerprint density at radius 2 is 1.54 bits per heavy atom. The number of hydrogen-bond acceptors (Lipinski definition) is 10. The Bertz CT molecular complexity index is 1960. The van der Waals surface area contributed by atoms with Gasteiger partial charge in [-0.3, -0.25) is 24.6 Å². The fourth-order valence-electron chi connectivity index (χ4n) is 8.76. The van der Waals surface area contributed by atoms with Crippen molar-refractivity contribution in [3.05, 3.63) is 71.7 Å². The molecule has 3 amide bonds. The first-order valence-corrected chi connectivity index (χ1v) is 19.7. The third-order valence-electron chi connectivity index (χ3n) is 12.0. The smallest absolute Gasteiger partial charge is 0.270 e. The number of aromatic nitrogens is 4. The fraction of sp³-hybridized carbons (Fsp3) is 0.512. The lowest BCUT2D eigenvalue weighted by molar-refractivity contribution is -0.134. The van der Waals surface area contributed by atoms with E-state index in [9.17, 15) is 14.4 Å². The van der Waals surface area contributed by atoms with Crippen LogP contribution in [0.4, 0.5) is 17.5 Å². The molecule has 1 aliphatic carbocycles. The Morgan fingerprint density at radius 1 is 0.833 bits per heavy atom. The molecule has 3 aliphatic heterocycles. The lowest BCUT2D eigenvalue weighted by Crippen LogP contribution is -2.49. The number of piperazine rings is 1. The van der Waals surface area contributed by atoms with Gasteiger partial charge in [0.2, 0.25) is 17.8 Å². The fourth-order valence-corrected chi connectivity index (χ4v) is 8.76. The maximum atomic E-state index is 13.1. The van der Waals surface area contributed by atoms with Crippen LogP contribution in [0.5, 0.6) is 0 Å². The number of pyridine rings is 1. The number of rotatable bonds is 10. The molecule has 4 aliphatic rings. The number of imide groups is 1. The average molecular weight is 733 g/mol. The highest BCUT2D eigenvalue weighted by atomic mass is 16.2. The van der Waals surface area contributed by atoms with E-state index in [4.69, 9.17) is 9.97 Å². The monoisotopic (exact) mass is 732 g/mol. The molecule has 1 atom stereocenters. The standard InChI is InChI=1S/C41H52N10O3/c1-47(2)40(54)35-25-31-27-43-41(46-38(31)51(35)33-5-3-4-6-33)44-36-13-9-30(26-42-36)28-15-17-48(18-16-28)19-20-49-21-23-50(24-22-49)32-10-7-29(8-11-32)34-12-14-37(52)45-39(34)53/h7-11,13,25-28,33-34H,3-6,12,14-24H2,1-2H3,(H,45,52,53)(H,42,43,44,46). The Kier molecular flexibility index (Phi) is 10.6. The quantitative estimate of drug-likeness (QED) is 0.217. The lowest BCUT2D eigenvalue weighted by Gasteiger charge is -2.38. The summed E-state index contributed by atoms with van der Waals surface area (Å²) in [6.45, 7) is 8.43. The van der Waals surface area contributed by atoms with E-state index >= 15 is 0 Å². The van der Waals surface area contributed by atoms with Crippen molar-refractivity contribution in [1.29, 1.82) is 0 Å². The van der Waals surface area contributed by atoms with Crippen LogP contribution in [0.25, 0.3) is 11.0 Å². The minimum absolute atomic E-state index is 0.0122. The third-order valence-corrected chi connectivity index (χ3v) is 12.0. The van der Waals surface area contributed by atoms with Crippen molar-refractivity contribution in [2.24, 2.45) is 0 Å². The van der Waals surface area contributed by atoms with Crippen LogP contribution >= 0.6 is 0 Å². The van der Waals surface area contributed by atoms with Gasteiger partial charge in [-0.15, -0.1) is 0 Å². The number of fused-ring (bicyclic) bond motifs is 1. The molecule has 1 unspecified atom stereocenters. The number of nitrogens with one attached hydrogen (secondary N) is 2. The number of likely N-dealkylation sites (tertiary alicyclic amines) is 1. The van der Waals surface area contributed by atoms with Crippen molar-refractivity contribution in [2.45, 2.75) is 69.2 Å². The summed E-state index contributed by atoms with van der Waals surface area (Å²) < 4.78 is 2.14. The van der Waals surface area contributed by atoms with Crippen LogP contribution in [0.3, 0.4) is 0 Å². The summed E-state index contributed by atoms with van der Waals surface area (Å²) in [6, 6.07) is 14.7. The van der Waals surface area contributed by atoms with E-state index < -0.39 is 0 Å². The van der Waals surface area contributed by atoms with Gasteiger partial charge in [0, 0.05) is 89.3 Å². The van der Waals surface area contributed by atoms with Crippen LogP contribution in [0.15, 0.2) is 54.9 Å². The number of anilines is 3. The van der Waals surface area contributed by atoms with Gasteiger partial charge in [0.1, 0.15) is 17.2 Å². The predicted molar refractivity (Wildman–Crippen MR) is 209 cm³/mol. The SMILES string of the molecule is CN(C)C(=O)c1cc2cnc(Nc3ccc(C4CCN(CCN5CCN(c6ccc(C7CCC(=O)NC7=O)cc6)CC5)CC4)cn3)nc2n1C1CCCC1. The van der Waals surface area contributed by atoms with Gasteiger partial charge in [-0.25, -0.2) is 9.97 Å². The van der Waals surface area contributed by atoms with Crippen molar-refractivity contribution < 1.29 is 14.4 Å². The molecule has 54 heavy (non-hydrogen) atoms. The first kappa shape index (κ1) is 36.1. The molecule has 4 fully saturated rings. The van der Waals surface area contributed by atoms with E-state index in [0.717, 1.165) is 94.6 Å². The van der Waals surface area contributed by atoms with Gasteiger partial charge < -0.3 is 24.6 Å². The molecule has 3 saturated heterocycles. The summed E-state index contributed by atoms with van der Waals surface area (Å²) in [7, 11) is 3.58. The number of benzene rings is 1. The molecule has 4 aromatic rings. The predicted octanol–water partition coefficient (Wildman–Crippen LogP) is 4.91. The van der Waals surface area contributed by atoms with Gasteiger partial charge >= 0.3 is 0 Å².